The molecular formula is C11H13Br2NO2. The van der Waals surface area contributed by atoms with Crippen LogP contribution < -0.4 is 5.32 Å². The standard InChI is InChI=1S/C11H13Br2NO2/c1-7(2)16-11(15)6-14-10-5-8(12)3-4-9(10)13/h3-5,7,14H,6H2,1-2H3. The third-order valence-electron chi connectivity index (χ3n) is 1.72. The Kier molecular flexibility index (Phi) is 5.28. The normalized spacial score (nSPS) is 10.3. The van der Waals surface area contributed by atoms with Crippen LogP contribution in [0, 0.1) is 0 Å². The van der Waals surface area contributed by atoms with Crippen molar-refractivity contribution >= 4 is 43.5 Å². The summed E-state index contributed by atoms with van der Waals surface area (Å²) in [4.78, 5) is 11.3. The Bertz CT molecular complexity index is 380. The number of carbonyl (C=O) groups excluding carboxylic acids is 1. The highest BCUT2D eigenvalue weighted by Crippen LogP contribution is 2.25. The topological polar surface area (TPSA) is 38.3 Å². The number of hydrogen-bond donors (Lipinski definition) is 1. The maximum atomic E-state index is 11.3. The molecule has 0 aliphatic heterocycles. The van der Waals surface area contributed by atoms with Crippen molar-refractivity contribution in [3.8, 4) is 0 Å². The molecule has 0 radical (unpaired) electrons. The third kappa shape index (κ3) is 4.53. The first-order valence-corrected chi connectivity index (χ1v) is 6.46. The van der Waals surface area contributed by atoms with Gasteiger partial charge in [0.2, 0.25) is 0 Å². The van der Waals surface area contributed by atoms with Crippen LogP contribution in [0.25, 0.3) is 0 Å². The molecule has 88 valence electrons. The van der Waals surface area contributed by atoms with Gasteiger partial charge in [-0.15, -0.1) is 0 Å². The molecule has 0 atom stereocenters. The summed E-state index contributed by atoms with van der Waals surface area (Å²) in [6.07, 6.45) is -0.0831. The number of ether oxygens (including phenoxy) is 1. The van der Waals surface area contributed by atoms with Crippen LogP contribution in [-0.2, 0) is 9.53 Å². The maximum Gasteiger partial charge on any atom is 0.325 e. The van der Waals surface area contributed by atoms with Crippen molar-refractivity contribution in [2.24, 2.45) is 0 Å². The van der Waals surface area contributed by atoms with E-state index in [-0.39, 0.29) is 18.6 Å². The van der Waals surface area contributed by atoms with Crippen LogP contribution in [0.1, 0.15) is 13.8 Å². The van der Waals surface area contributed by atoms with Crippen molar-refractivity contribution in [3.63, 3.8) is 0 Å². The summed E-state index contributed by atoms with van der Waals surface area (Å²) in [7, 11) is 0. The number of halogens is 2. The maximum absolute atomic E-state index is 11.3. The Morgan fingerprint density at radius 3 is 2.75 bits per heavy atom. The first-order valence-electron chi connectivity index (χ1n) is 4.87. The van der Waals surface area contributed by atoms with E-state index in [0.29, 0.717) is 0 Å². The monoisotopic (exact) mass is 349 g/mol. The molecule has 0 aliphatic carbocycles. The fraction of sp³-hybridized carbons (Fsp3) is 0.364. The highest BCUT2D eigenvalue weighted by molar-refractivity contribution is 9.11. The Hall–Kier alpha value is -0.550. The van der Waals surface area contributed by atoms with E-state index in [1.54, 1.807) is 0 Å². The summed E-state index contributed by atoms with van der Waals surface area (Å²) in [5.74, 6) is -0.262. The summed E-state index contributed by atoms with van der Waals surface area (Å²) >= 11 is 6.76. The van der Waals surface area contributed by atoms with Crippen molar-refractivity contribution in [2.75, 3.05) is 11.9 Å². The van der Waals surface area contributed by atoms with Crippen LogP contribution in [-0.4, -0.2) is 18.6 Å². The molecule has 0 saturated heterocycles. The fourth-order valence-corrected chi connectivity index (χ4v) is 1.85. The van der Waals surface area contributed by atoms with Gasteiger partial charge in [0.1, 0.15) is 6.54 Å². The zero-order chi connectivity index (χ0) is 12.1. The molecule has 1 aromatic rings. The Morgan fingerprint density at radius 2 is 2.12 bits per heavy atom. The molecular weight excluding hydrogens is 338 g/mol. The number of rotatable bonds is 4. The Labute approximate surface area is 112 Å². The number of carbonyl (C=O) groups is 1. The molecule has 0 saturated carbocycles. The van der Waals surface area contributed by atoms with Gasteiger partial charge in [-0.3, -0.25) is 4.79 Å². The lowest BCUT2D eigenvalue weighted by Crippen LogP contribution is -2.20. The summed E-state index contributed by atoms with van der Waals surface area (Å²) < 4.78 is 6.88. The van der Waals surface area contributed by atoms with Gasteiger partial charge in [-0.1, -0.05) is 15.9 Å². The van der Waals surface area contributed by atoms with Crippen LogP contribution in [0.3, 0.4) is 0 Å². The summed E-state index contributed by atoms with van der Waals surface area (Å²) in [5, 5.41) is 3.01. The largest absolute Gasteiger partial charge is 0.462 e. The molecule has 0 bridgehead atoms. The van der Waals surface area contributed by atoms with Gasteiger partial charge in [0, 0.05) is 8.95 Å². The van der Waals surface area contributed by atoms with Gasteiger partial charge in [0.05, 0.1) is 11.8 Å². The lowest BCUT2D eigenvalue weighted by molar-refractivity contribution is -0.145. The number of benzene rings is 1. The van der Waals surface area contributed by atoms with E-state index >= 15 is 0 Å². The average Bonchev–Trinajstić information content (AvgIpc) is 2.18. The zero-order valence-electron chi connectivity index (χ0n) is 9.09. The van der Waals surface area contributed by atoms with Crippen LogP contribution in [0.4, 0.5) is 5.69 Å². The highest BCUT2D eigenvalue weighted by Gasteiger charge is 2.06. The van der Waals surface area contributed by atoms with Gasteiger partial charge < -0.3 is 10.1 Å². The second-order valence-electron chi connectivity index (χ2n) is 3.52. The molecule has 3 nitrogen and oxygen atoms in total. The molecule has 1 aromatic carbocycles. The molecule has 0 heterocycles. The van der Waals surface area contributed by atoms with Crippen molar-refractivity contribution in [1.29, 1.82) is 0 Å². The van der Waals surface area contributed by atoms with Crippen molar-refractivity contribution in [2.45, 2.75) is 20.0 Å². The highest BCUT2D eigenvalue weighted by atomic mass is 79.9. The minimum Gasteiger partial charge on any atom is -0.462 e. The van der Waals surface area contributed by atoms with Gasteiger partial charge in [-0.2, -0.15) is 0 Å². The van der Waals surface area contributed by atoms with Crippen LogP contribution in [0.5, 0.6) is 0 Å². The van der Waals surface area contributed by atoms with Gasteiger partial charge in [0.15, 0.2) is 0 Å². The SMILES string of the molecule is CC(C)OC(=O)CNc1cc(Br)ccc1Br. The van der Waals surface area contributed by atoms with Gasteiger partial charge in [-0.25, -0.2) is 0 Å². The summed E-state index contributed by atoms with van der Waals surface area (Å²) in [6, 6.07) is 5.72. The molecule has 0 amide bonds. The summed E-state index contributed by atoms with van der Waals surface area (Å²) in [6.45, 7) is 3.81. The first kappa shape index (κ1) is 13.5. The molecule has 0 unspecified atom stereocenters. The number of anilines is 1. The molecule has 0 aromatic heterocycles. The van der Waals surface area contributed by atoms with Crippen molar-refractivity contribution in [1.82, 2.24) is 0 Å². The molecule has 0 fully saturated rings. The van der Waals surface area contributed by atoms with E-state index in [9.17, 15) is 4.79 Å². The lowest BCUT2D eigenvalue weighted by atomic mass is 10.3. The van der Waals surface area contributed by atoms with Crippen LogP contribution in [0.15, 0.2) is 27.1 Å². The van der Waals surface area contributed by atoms with E-state index in [1.807, 2.05) is 32.0 Å². The lowest BCUT2D eigenvalue weighted by Gasteiger charge is -2.10. The molecule has 1 rings (SSSR count). The van der Waals surface area contributed by atoms with E-state index in [2.05, 4.69) is 37.2 Å². The van der Waals surface area contributed by atoms with E-state index in [1.165, 1.54) is 0 Å². The van der Waals surface area contributed by atoms with Gasteiger partial charge >= 0.3 is 5.97 Å². The minimum atomic E-state index is -0.262. The Morgan fingerprint density at radius 1 is 1.44 bits per heavy atom. The quantitative estimate of drug-likeness (QED) is 0.843. The fourth-order valence-electron chi connectivity index (χ4n) is 1.10. The van der Waals surface area contributed by atoms with Crippen molar-refractivity contribution < 1.29 is 9.53 Å². The Balaban J connectivity index is 2.54. The van der Waals surface area contributed by atoms with E-state index in [4.69, 9.17) is 4.74 Å². The molecule has 16 heavy (non-hydrogen) atoms. The van der Waals surface area contributed by atoms with Crippen LogP contribution >= 0.6 is 31.9 Å². The predicted molar refractivity (Wildman–Crippen MR) is 71.6 cm³/mol. The molecule has 1 N–H and O–H groups in total. The van der Waals surface area contributed by atoms with E-state index < -0.39 is 0 Å². The van der Waals surface area contributed by atoms with Gasteiger partial charge in [0.25, 0.3) is 0 Å². The molecule has 5 heteroatoms. The second-order valence-corrected chi connectivity index (χ2v) is 5.29. The number of esters is 1. The molecule has 0 aliphatic rings. The van der Waals surface area contributed by atoms with Crippen molar-refractivity contribution in [3.05, 3.63) is 27.1 Å². The minimum absolute atomic E-state index is 0.0831. The smallest absolute Gasteiger partial charge is 0.325 e. The van der Waals surface area contributed by atoms with Crippen LogP contribution in [0.2, 0.25) is 0 Å². The number of nitrogens with one attached hydrogen (secondary N) is 1. The third-order valence-corrected chi connectivity index (χ3v) is 2.90. The predicted octanol–water partition coefficient (Wildman–Crippen LogP) is 3.58. The van der Waals surface area contributed by atoms with Gasteiger partial charge in [-0.05, 0) is 48.0 Å². The zero-order valence-corrected chi connectivity index (χ0v) is 12.3. The summed E-state index contributed by atoms with van der Waals surface area (Å²) in [5.41, 5.74) is 0.857. The first-order chi connectivity index (χ1) is 7.49. The second kappa shape index (κ2) is 6.25. The average molecular weight is 351 g/mol. The molecule has 0 spiro atoms. The van der Waals surface area contributed by atoms with E-state index in [0.717, 1.165) is 14.6 Å². The number of hydrogen-bond acceptors (Lipinski definition) is 3.